The lowest BCUT2D eigenvalue weighted by Crippen LogP contribution is -2.33. The Morgan fingerprint density at radius 3 is 2.83 bits per heavy atom. The number of hydrogen-bond donors (Lipinski definition) is 2. The van der Waals surface area contributed by atoms with Crippen molar-refractivity contribution >= 4 is 17.3 Å². The van der Waals surface area contributed by atoms with Crippen LogP contribution in [0.15, 0.2) is 59.1 Å². The van der Waals surface area contributed by atoms with E-state index < -0.39 is 5.82 Å². The summed E-state index contributed by atoms with van der Waals surface area (Å²) in [5.74, 6) is -0.911. The molecule has 1 saturated heterocycles. The Morgan fingerprint density at radius 2 is 2.10 bits per heavy atom. The average Bonchev–Trinajstić information content (AvgIpc) is 3.25. The molecule has 1 amide bonds. The number of rotatable bonds is 4. The molecular formula is C22H19FN4O2. The van der Waals surface area contributed by atoms with E-state index in [-0.39, 0.29) is 29.7 Å². The first-order chi connectivity index (χ1) is 14.2. The summed E-state index contributed by atoms with van der Waals surface area (Å²) in [6.45, 7) is 2.46. The molecule has 2 aliphatic rings. The van der Waals surface area contributed by atoms with Crippen LogP contribution in [0.3, 0.4) is 0 Å². The van der Waals surface area contributed by atoms with E-state index in [0.29, 0.717) is 23.6 Å². The number of ether oxygens (including phenoxy) is 1. The first-order valence-electron chi connectivity index (χ1n) is 9.33. The lowest BCUT2D eigenvalue weighted by molar-refractivity contribution is -0.112. The van der Waals surface area contributed by atoms with Gasteiger partial charge in [0.1, 0.15) is 11.9 Å². The SMILES string of the molecule is N#Cc1cccc(C2=NCC(C(=O)Nc3ccc([C@H]4CNCCO4)cc3)=C2)c1F. The molecule has 0 aliphatic carbocycles. The first kappa shape index (κ1) is 19.0. The van der Waals surface area contributed by atoms with Crippen molar-refractivity contribution in [3.05, 3.63) is 76.6 Å². The summed E-state index contributed by atoms with van der Waals surface area (Å²) >= 11 is 0. The van der Waals surface area contributed by atoms with Crippen molar-refractivity contribution in [3.63, 3.8) is 0 Å². The quantitative estimate of drug-likeness (QED) is 0.841. The fourth-order valence-electron chi connectivity index (χ4n) is 3.32. The molecule has 146 valence electrons. The molecule has 1 fully saturated rings. The topological polar surface area (TPSA) is 86.5 Å². The number of carbonyl (C=O) groups excluding carboxylic acids is 1. The predicted molar refractivity (Wildman–Crippen MR) is 107 cm³/mol. The highest BCUT2D eigenvalue weighted by Crippen LogP contribution is 2.22. The van der Waals surface area contributed by atoms with Gasteiger partial charge >= 0.3 is 0 Å². The van der Waals surface area contributed by atoms with Crippen LogP contribution in [0.1, 0.15) is 22.8 Å². The van der Waals surface area contributed by atoms with Crippen molar-refractivity contribution in [1.29, 1.82) is 5.26 Å². The predicted octanol–water partition coefficient (Wildman–Crippen LogP) is 2.73. The van der Waals surface area contributed by atoms with Gasteiger partial charge in [-0.05, 0) is 35.9 Å². The fraction of sp³-hybridized carbons (Fsp3) is 0.227. The van der Waals surface area contributed by atoms with E-state index in [1.807, 2.05) is 30.3 Å². The van der Waals surface area contributed by atoms with Gasteiger partial charge in [-0.3, -0.25) is 9.79 Å². The standard InChI is InChI=1S/C22H19FN4O2/c23-21-15(11-24)2-1-3-18(21)19-10-16(12-26-19)22(28)27-17-6-4-14(5-7-17)20-13-25-8-9-29-20/h1-7,10,20,25H,8-9,12-13H2,(H,27,28)/t20-/m1/s1. The van der Waals surface area contributed by atoms with Crippen LogP contribution in [0.25, 0.3) is 0 Å². The van der Waals surface area contributed by atoms with E-state index in [2.05, 4.69) is 15.6 Å². The summed E-state index contributed by atoms with van der Waals surface area (Å²) in [6, 6.07) is 13.9. The number of morpholine rings is 1. The smallest absolute Gasteiger partial charge is 0.253 e. The van der Waals surface area contributed by atoms with Gasteiger partial charge in [-0.1, -0.05) is 18.2 Å². The van der Waals surface area contributed by atoms with Gasteiger partial charge in [-0.2, -0.15) is 5.26 Å². The van der Waals surface area contributed by atoms with E-state index in [1.165, 1.54) is 6.07 Å². The zero-order valence-corrected chi connectivity index (χ0v) is 15.6. The number of aliphatic imine (C=N–C) groups is 1. The summed E-state index contributed by atoms with van der Waals surface area (Å²) in [5.41, 5.74) is 2.68. The highest BCUT2D eigenvalue weighted by atomic mass is 19.1. The van der Waals surface area contributed by atoms with Crippen molar-refractivity contribution in [3.8, 4) is 6.07 Å². The highest BCUT2D eigenvalue weighted by molar-refractivity contribution is 6.17. The Hall–Kier alpha value is -3.34. The first-order valence-corrected chi connectivity index (χ1v) is 9.33. The monoisotopic (exact) mass is 390 g/mol. The number of nitrogens with one attached hydrogen (secondary N) is 2. The minimum atomic E-state index is -0.623. The number of halogens is 1. The summed E-state index contributed by atoms with van der Waals surface area (Å²) in [4.78, 5) is 16.8. The normalized spacial score (nSPS) is 18.6. The second-order valence-electron chi connectivity index (χ2n) is 6.79. The molecule has 2 heterocycles. The third kappa shape index (κ3) is 4.09. The van der Waals surface area contributed by atoms with Crippen LogP contribution in [-0.4, -0.2) is 37.9 Å². The van der Waals surface area contributed by atoms with Gasteiger partial charge in [0.25, 0.3) is 5.91 Å². The minimum Gasteiger partial charge on any atom is -0.371 e. The Kier molecular flexibility index (Phi) is 5.47. The van der Waals surface area contributed by atoms with E-state index in [1.54, 1.807) is 18.2 Å². The third-order valence-corrected chi connectivity index (χ3v) is 4.89. The number of nitriles is 1. The molecule has 0 spiro atoms. The molecular weight excluding hydrogens is 371 g/mol. The largest absolute Gasteiger partial charge is 0.371 e. The lowest BCUT2D eigenvalue weighted by Gasteiger charge is -2.24. The van der Waals surface area contributed by atoms with Crippen molar-refractivity contribution in [2.75, 3.05) is 31.6 Å². The van der Waals surface area contributed by atoms with Crippen LogP contribution in [0, 0.1) is 17.1 Å². The van der Waals surface area contributed by atoms with Gasteiger partial charge in [0.15, 0.2) is 0 Å². The molecule has 0 unspecified atom stereocenters. The second kappa shape index (κ2) is 8.35. The summed E-state index contributed by atoms with van der Waals surface area (Å²) < 4.78 is 20.1. The van der Waals surface area contributed by atoms with Crippen LogP contribution < -0.4 is 10.6 Å². The molecule has 7 heteroatoms. The van der Waals surface area contributed by atoms with Crippen molar-refractivity contribution in [2.45, 2.75) is 6.10 Å². The Labute approximate surface area is 167 Å². The number of hydrogen-bond acceptors (Lipinski definition) is 5. The molecule has 29 heavy (non-hydrogen) atoms. The van der Waals surface area contributed by atoms with Gasteiger partial charge < -0.3 is 15.4 Å². The molecule has 2 aliphatic heterocycles. The van der Waals surface area contributed by atoms with Gasteiger partial charge in [0.05, 0.1) is 30.5 Å². The molecule has 2 aromatic rings. The number of nitrogens with zero attached hydrogens (tertiary/aromatic N) is 2. The number of carbonyl (C=O) groups is 1. The number of allylic oxidation sites excluding steroid dienone is 1. The maximum absolute atomic E-state index is 14.3. The molecule has 6 nitrogen and oxygen atoms in total. The molecule has 2 aromatic carbocycles. The summed E-state index contributed by atoms with van der Waals surface area (Å²) in [7, 11) is 0. The molecule has 1 atom stereocenters. The fourth-order valence-corrected chi connectivity index (χ4v) is 3.32. The van der Waals surface area contributed by atoms with Gasteiger partial charge in [-0.25, -0.2) is 4.39 Å². The van der Waals surface area contributed by atoms with Crippen molar-refractivity contribution < 1.29 is 13.9 Å². The summed E-state index contributed by atoms with van der Waals surface area (Å²) in [5, 5.41) is 15.1. The van der Waals surface area contributed by atoms with E-state index in [4.69, 9.17) is 10.00 Å². The van der Waals surface area contributed by atoms with Gasteiger partial charge in [0.2, 0.25) is 0 Å². The second-order valence-corrected chi connectivity index (χ2v) is 6.79. The van der Waals surface area contributed by atoms with Crippen LogP contribution in [0.4, 0.5) is 10.1 Å². The van der Waals surface area contributed by atoms with E-state index in [9.17, 15) is 9.18 Å². The van der Waals surface area contributed by atoms with E-state index >= 15 is 0 Å². The third-order valence-electron chi connectivity index (χ3n) is 4.89. The lowest BCUT2D eigenvalue weighted by atomic mass is 10.0. The number of anilines is 1. The molecule has 0 saturated carbocycles. The molecule has 0 radical (unpaired) electrons. The zero-order valence-electron chi connectivity index (χ0n) is 15.6. The molecule has 2 N–H and O–H groups in total. The van der Waals surface area contributed by atoms with Crippen LogP contribution >= 0.6 is 0 Å². The Balaban J connectivity index is 1.43. The van der Waals surface area contributed by atoms with Gasteiger partial charge in [0, 0.05) is 29.9 Å². The zero-order chi connectivity index (χ0) is 20.2. The maximum atomic E-state index is 14.3. The number of amides is 1. The van der Waals surface area contributed by atoms with E-state index in [0.717, 1.165) is 18.7 Å². The van der Waals surface area contributed by atoms with Crippen LogP contribution in [-0.2, 0) is 9.53 Å². The summed E-state index contributed by atoms with van der Waals surface area (Å²) in [6.07, 6.45) is 1.58. The maximum Gasteiger partial charge on any atom is 0.253 e. The average molecular weight is 390 g/mol. The van der Waals surface area contributed by atoms with Crippen molar-refractivity contribution in [1.82, 2.24) is 5.32 Å². The molecule has 0 bridgehead atoms. The molecule has 0 aromatic heterocycles. The minimum absolute atomic E-state index is 0.0149. The van der Waals surface area contributed by atoms with Crippen LogP contribution in [0.2, 0.25) is 0 Å². The van der Waals surface area contributed by atoms with Crippen LogP contribution in [0.5, 0.6) is 0 Å². The molecule has 4 rings (SSSR count). The van der Waals surface area contributed by atoms with Crippen molar-refractivity contribution in [2.24, 2.45) is 4.99 Å². The Morgan fingerprint density at radius 1 is 1.28 bits per heavy atom. The number of benzene rings is 2. The Bertz CT molecular complexity index is 1030. The highest BCUT2D eigenvalue weighted by Gasteiger charge is 2.20. The van der Waals surface area contributed by atoms with Gasteiger partial charge in [-0.15, -0.1) is 0 Å².